The van der Waals surface area contributed by atoms with Crippen LogP contribution in [0, 0.1) is 12.7 Å². The standard InChI is InChI=1S/C19H21FN2O2/c1-13-5-10-18(24-2)16(12-13)21-19(23)22-11-3-4-17(22)14-6-8-15(20)9-7-14/h5-10,12,17H,3-4,11H2,1-2H3,(H,21,23)/t17-/m0/s1. The van der Waals surface area contributed by atoms with Crippen molar-refractivity contribution in [3.63, 3.8) is 0 Å². The highest BCUT2D eigenvalue weighted by molar-refractivity contribution is 5.91. The van der Waals surface area contributed by atoms with Crippen LogP contribution in [0.3, 0.4) is 0 Å². The number of rotatable bonds is 3. The number of benzene rings is 2. The lowest BCUT2D eigenvalue weighted by Crippen LogP contribution is -2.34. The first-order chi connectivity index (χ1) is 11.6. The molecule has 2 amide bonds. The summed E-state index contributed by atoms with van der Waals surface area (Å²) in [6, 6.07) is 11.8. The minimum Gasteiger partial charge on any atom is -0.495 e. The Morgan fingerprint density at radius 3 is 2.71 bits per heavy atom. The number of urea groups is 1. The molecule has 1 N–H and O–H groups in total. The average molecular weight is 328 g/mol. The normalized spacial score (nSPS) is 17.0. The minimum atomic E-state index is -0.266. The summed E-state index contributed by atoms with van der Waals surface area (Å²) in [6.07, 6.45) is 1.81. The van der Waals surface area contributed by atoms with Gasteiger partial charge in [0.15, 0.2) is 0 Å². The number of ether oxygens (including phenoxy) is 1. The van der Waals surface area contributed by atoms with E-state index in [1.54, 1.807) is 24.1 Å². The molecule has 1 aliphatic heterocycles. The Balaban J connectivity index is 1.79. The van der Waals surface area contributed by atoms with Gasteiger partial charge < -0.3 is 15.0 Å². The summed E-state index contributed by atoms with van der Waals surface area (Å²) in [6.45, 7) is 2.65. The fraction of sp³-hybridized carbons (Fsp3) is 0.316. The fourth-order valence-corrected chi connectivity index (χ4v) is 3.15. The van der Waals surface area contributed by atoms with Gasteiger partial charge in [0.05, 0.1) is 18.8 Å². The van der Waals surface area contributed by atoms with Crippen LogP contribution in [0.2, 0.25) is 0 Å². The van der Waals surface area contributed by atoms with E-state index < -0.39 is 0 Å². The third-order valence-electron chi connectivity index (χ3n) is 4.37. The van der Waals surface area contributed by atoms with Crippen LogP contribution >= 0.6 is 0 Å². The Morgan fingerprint density at radius 2 is 2.00 bits per heavy atom. The molecule has 3 rings (SSSR count). The average Bonchev–Trinajstić information content (AvgIpc) is 3.05. The summed E-state index contributed by atoms with van der Waals surface area (Å²) >= 11 is 0. The molecule has 5 heteroatoms. The molecule has 2 aromatic carbocycles. The molecule has 1 saturated heterocycles. The first-order valence-corrected chi connectivity index (χ1v) is 8.06. The van der Waals surface area contributed by atoms with Crippen LogP contribution in [0.4, 0.5) is 14.9 Å². The smallest absolute Gasteiger partial charge is 0.322 e. The molecule has 2 aromatic rings. The molecule has 24 heavy (non-hydrogen) atoms. The molecule has 4 nitrogen and oxygen atoms in total. The highest BCUT2D eigenvalue weighted by Gasteiger charge is 2.30. The van der Waals surface area contributed by atoms with Gasteiger partial charge in [0.1, 0.15) is 11.6 Å². The van der Waals surface area contributed by atoms with Crippen LogP contribution < -0.4 is 10.1 Å². The lowest BCUT2D eigenvalue weighted by molar-refractivity contribution is 0.207. The van der Waals surface area contributed by atoms with Crippen LogP contribution in [0.25, 0.3) is 0 Å². The lowest BCUT2D eigenvalue weighted by Gasteiger charge is -2.26. The maximum absolute atomic E-state index is 13.1. The van der Waals surface area contributed by atoms with Gasteiger partial charge >= 0.3 is 6.03 Å². The molecule has 1 aliphatic rings. The van der Waals surface area contributed by atoms with E-state index in [4.69, 9.17) is 4.74 Å². The zero-order valence-corrected chi connectivity index (χ0v) is 13.9. The molecule has 1 atom stereocenters. The largest absolute Gasteiger partial charge is 0.495 e. The van der Waals surface area contributed by atoms with E-state index >= 15 is 0 Å². The van der Waals surface area contributed by atoms with Crippen LogP contribution in [0.15, 0.2) is 42.5 Å². The number of nitrogens with one attached hydrogen (secondary N) is 1. The van der Waals surface area contributed by atoms with Crippen LogP contribution in [-0.4, -0.2) is 24.6 Å². The van der Waals surface area contributed by atoms with E-state index in [0.717, 1.165) is 24.0 Å². The molecular weight excluding hydrogens is 307 g/mol. The summed E-state index contributed by atoms with van der Waals surface area (Å²) in [5.74, 6) is 0.365. The minimum absolute atomic E-state index is 0.0265. The predicted molar refractivity (Wildman–Crippen MR) is 91.8 cm³/mol. The van der Waals surface area contributed by atoms with Crippen LogP contribution in [0.5, 0.6) is 5.75 Å². The first-order valence-electron chi connectivity index (χ1n) is 8.06. The molecule has 1 fully saturated rings. The molecule has 0 saturated carbocycles. The second-order valence-corrected chi connectivity index (χ2v) is 6.04. The topological polar surface area (TPSA) is 41.6 Å². The van der Waals surface area contributed by atoms with Crippen molar-refractivity contribution in [1.29, 1.82) is 0 Å². The highest BCUT2D eigenvalue weighted by Crippen LogP contribution is 2.33. The molecule has 0 aromatic heterocycles. The Morgan fingerprint density at radius 1 is 1.25 bits per heavy atom. The van der Waals surface area contributed by atoms with Crippen molar-refractivity contribution in [3.05, 3.63) is 59.4 Å². The molecular formula is C19H21FN2O2. The molecule has 126 valence electrons. The maximum atomic E-state index is 13.1. The second kappa shape index (κ2) is 6.91. The van der Waals surface area contributed by atoms with E-state index in [0.29, 0.717) is 18.0 Å². The summed E-state index contributed by atoms with van der Waals surface area (Å²) in [5.41, 5.74) is 2.66. The number of likely N-dealkylation sites (tertiary alicyclic amines) is 1. The number of hydrogen-bond acceptors (Lipinski definition) is 2. The van der Waals surface area contributed by atoms with Gasteiger partial charge in [0, 0.05) is 6.54 Å². The summed E-state index contributed by atoms with van der Waals surface area (Å²) in [7, 11) is 1.58. The summed E-state index contributed by atoms with van der Waals surface area (Å²) in [4.78, 5) is 14.5. The first kappa shape index (κ1) is 16.3. The number of halogens is 1. The Labute approximate surface area is 141 Å². The number of methoxy groups -OCH3 is 1. The van der Waals surface area contributed by atoms with E-state index in [1.807, 2.05) is 25.1 Å². The van der Waals surface area contributed by atoms with Crippen molar-refractivity contribution < 1.29 is 13.9 Å². The fourth-order valence-electron chi connectivity index (χ4n) is 3.15. The third kappa shape index (κ3) is 3.35. The quantitative estimate of drug-likeness (QED) is 0.900. The molecule has 0 aliphatic carbocycles. The lowest BCUT2D eigenvalue weighted by atomic mass is 10.0. The van der Waals surface area contributed by atoms with Gasteiger partial charge in [-0.3, -0.25) is 0 Å². The maximum Gasteiger partial charge on any atom is 0.322 e. The Hall–Kier alpha value is -2.56. The molecule has 1 heterocycles. The number of amides is 2. The zero-order valence-electron chi connectivity index (χ0n) is 13.9. The molecule has 0 unspecified atom stereocenters. The van der Waals surface area contributed by atoms with Crippen LogP contribution in [-0.2, 0) is 0 Å². The monoisotopic (exact) mass is 328 g/mol. The number of carbonyl (C=O) groups excluding carboxylic acids is 1. The third-order valence-corrected chi connectivity index (χ3v) is 4.37. The molecule has 0 spiro atoms. The van der Waals surface area contributed by atoms with Crippen molar-refractivity contribution in [3.8, 4) is 5.75 Å². The van der Waals surface area contributed by atoms with E-state index in [-0.39, 0.29) is 17.9 Å². The van der Waals surface area contributed by atoms with Crippen molar-refractivity contribution in [2.24, 2.45) is 0 Å². The number of hydrogen-bond donors (Lipinski definition) is 1. The van der Waals surface area contributed by atoms with Crippen molar-refractivity contribution in [2.45, 2.75) is 25.8 Å². The number of carbonyl (C=O) groups is 1. The molecule has 0 radical (unpaired) electrons. The number of nitrogens with zero attached hydrogens (tertiary/aromatic N) is 1. The molecule has 0 bridgehead atoms. The van der Waals surface area contributed by atoms with Crippen molar-refractivity contribution in [2.75, 3.05) is 19.0 Å². The predicted octanol–water partition coefficient (Wildman–Crippen LogP) is 4.51. The number of aryl methyl sites for hydroxylation is 1. The summed E-state index contributed by atoms with van der Waals surface area (Å²) in [5, 5.41) is 2.94. The van der Waals surface area contributed by atoms with Gasteiger partial charge in [-0.05, 0) is 55.2 Å². The summed E-state index contributed by atoms with van der Waals surface area (Å²) < 4.78 is 18.4. The second-order valence-electron chi connectivity index (χ2n) is 6.04. The van der Waals surface area contributed by atoms with E-state index in [2.05, 4.69) is 5.32 Å². The van der Waals surface area contributed by atoms with E-state index in [1.165, 1.54) is 12.1 Å². The van der Waals surface area contributed by atoms with Gasteiger partial charge in [0.25, 0.3) is 0 Å². The van der Waals surface area contributed by atoms with Crippen molar-refractivity contribution in [1.82, 2.24) is 4.90 Å². The van der Waals surface area contributed by atoms with Gasteiger partial charge in [0.2, 0.25) is 0 Å². The van der Waals surface area contributed by atoms with Crippen molar-refractivity contribution >= 4 is 11.7 Å². The van der Waals surface area contributed by atoms with E-state index in [9.17, 15) is 9.18 Å². The van der Waals surface area contributed by atoms with Gasteiger partial charge in [-0.2, -0.15) is 0 Å². The van der Waals surface area contributed by atoms with Gasteiger partial charge in [-0.1, -0.05) is 18.2 Å². The highest BCUT2D eigenvalue weighted by atomic mass is 19.1. The van der Waals surface area contributed by atoms with Gasteiger partial charge in [-0.15, -0.1) is 0 Å². The Kier molecular flexibility index (Phi) is 4.69. The zero-order chi connectivity index (χ0) is 17.1. The van der Waals surface area contributed by atoms with Crippen LogP contribution in [0.1, 0.15) is 30.0 Å². The number of anilines is 1. The SMILES string of the molecule is COc1ccc(C)cc1NC(=O)N1CCC[C@H]1c1ccc(F)cc1. The van der Waals surface area contributed by atoms with Gasteiger partial charge in [-0.25, -0.2) is 9.18 Å². The Bertz CT molecular complexity index is 731.